The van der Waals surface area contributed by atoms with E-state index in [1.807, 2.05) is 27.7 Å². The van der Waals surface area contributed by atoms with Gasteiger partial charge in [-0.2, -0.15) is 0 Å². The van der Waals surface area contributed by atoms with Gasteiger partial charge in [0.1, 0.15) is 0 Å². The van der Waals surface area contributed by atoms with Crippen molar-refractivity contribution < 1.29 is 0 Å². The molecule has 1 heterocycles. The van der Waals surface area contributed by atoms with Crippen LogP contribution < -0.4 is 0 Å². The molecule has 0 spiro atoms. The molecule has 1 unspecified atom stereocenters. The Bertz CT molecular complexity index is 1490. The maximum absolute atomic E-state index is 2.50. The molecule has 1 nitrogen and oxygen atoms in total. The lowest BCUT2D eigenvalue weighted by Crippen LogP contribution is -2.30. The van der Waals surface area contributed by atoms with Crippen LogP contribution in [0.3, 0.4) is 0 Å². The minimum Gasteiger partial charge on any atom is -0.347 e. The van der Waals surface area contributed by atoms with E-state index >= 15 is 0 Å². The molecule has 38 heavy (non-hydrogen) atoms. The predicted octanol–water partition coefficient (Wildman–Crippen LogP) is 10.4. The zero-order chi connectivity index (χ0) is 27.3. The zero-order valence-corrected chi connectivity index (χ0v) is 24.3. The first-order valence-electron chi connectivity index (χ1n) is 14.5. The highest BCUT2D eigenvalue weighted by molar-refractivity contribution is 5.99. The van der Waals surface area contributed by atoms with Gasteiger partial charge in [-0.1, -0.05) is 125 Å². The Kier molecular flexibility index (Phi) is 8.57. The Balaban J connectivity index is 0.000000804. The molecule has 0 aliphatic heterocycles. The van der Waals surface area contributed by atoms with Gasteiger partial charge in [0, 0.05) is 29.2 Å². The Morgan fingerprint density at radius 2 is 1.58 bits per heavy atom. The van der Waals surface area contributed by atoms with Crippen LogP contribution in [-0.2, 0) is 18.9 Å². The average molecular weight is 502 g/mol. The summed E-state index contributed by atoms with van der Waals surface area (Å²) in [4.78, 5) is 0. The molecule has 1 heteroatoms. The molecule has 0 bridgehead atoms. The van der Waals surface area contributed by atoms with Gasteiger partial charge in [0.2, 0.25) is 0 Å². The summed E-state index contributed by atoms with van der Waals surface area (Å²) < 4.78 is 2.42. The number of benzene rings is 3. The molecule has 196 valence electrons. The van der Waals surface area contributed by atoms with Crippen LogP contribution in [0.2, 0.25) is 0 Å². The molecule has 0 amide bonds. The Morgan fingerprint density at radius 1 is 0.868 bits per heavy atom. The number of aromatic nitrogens is 1. The molecule has 3 aromatic carbocycles. The van der Waals surface area contributed by atoms with E-state index in [-0.39, 0.29) is 5.41 Å². The van der Waals surface area contributed by atoms with Crippen molar-refractivity contribution in [2.45, 2.75) is 66.2 Å². The number of nitrogens with zero attached hydrogens (tertiary/aromatic N) is 1. The monoisotopic (exact) mass is 501 g/mol. The maximum Gasteiger partial charge on any atom is 0.0677 e. The molecule has 0 fully saturated rings. The molecular weight excluding hydrogens is 458 g/mol. The highest BCUT2D eigenvalue weighted by atomic mass is 14.9. The number of fused-ring (bicyclic) bond motifs is 4. The molecule has 0 saturated heterocycles. The summed E-state index contributed by atoms with van der Waals surface area (Å²) in [6.45, 7) is 12.4. The molecule has 1 aromatic heterocycles. The van der Waals surface area contributed by atoms with Crippen molar-refractivity contribution in [3.63, 3.8) is 0 Å². The Morgan fingerprint density at radius 3 is 2.24 bits per heavy atom. The standard InChI is InChI=1S/C33H31N.2C2H6/c1-4-14-26-28-21-27-25-19-12-13-20-29(25)33(23-15-8-6-9-16-23,24-17-10-7-11-18-24)30(27)22-32(28)34(3)31(26)5-2;2*1-2/h4,6-10,12-17,19-22H,5,11,18H2,1-3H3;2*1-2H3/b14-4-;;. The van der Waals surface area contributed by atoms with Crippen molar-refractivity contribution >= 4 is 17.0 Å². The van der Waals surface area contributed by atoms with Gasteiger partial charge in [-0.3, -0.25) is 0 Å². The smallest absolute Gasteiger partial charge is 0.0677 e. The fraction of sp³-hybridized carbons (Fsp3) is 0.297. The summed E-state index contributed by atoms with van der Waals surface area (Å²) in [6, 6.07) is 25.2. The molecule has 0 saturated carbocycles. The Labute approximate surface area is 230 Å². The van der Waals surface area contributed by atoms with E-state index in [0.29, 0.717) is 0 Å². The Hall–Kier alpha value is -3.58. The second-order valence-electron chi connectivity index (χ2n) is 9.51. The van der Waals surface area contributed by atoms with Gasteiger partial charge in [-0.25, -0.2) is 0 Å². The van der Waals surface area contributed by atoms with Crippen LogP contribution in [0.25, 0.3) is 28.1 Å². The van der Waals surface area contributed by atoms with Crippen LogP contribution in [0.4, 0.5) is 0 Å². The SMILES string of the molecule is C/C=C\c1c(CC)n(C)c2cc3c(cc12)-c1ccccc1C3(C1=CC=CCC1)c1ccccc1.CC.CC. The van der Waals surface area contributed by atoms with Crippen molar-refractivity contribution in [1.82, 2.24) is 4.57 Å². The van der Waals surface area contributed by atoms with Crippen LogP contribution >= 0.6 is 0 Å². The van der Waals surface area contributed by atoms with Crippen LogP contribution in [0, 0.1) is 0 Å². The summed E-state index contributed by atoms with van der Waals surface area (Å²) in [5, 5.41) is 1.35. The average Bonchev–Trinajstić information content (AvgIpc) is 3.44. The van der Waals surface area contributed by atoms with Crippen LogP contribution in [-0.4, -0.2) is 4.57 Å². The normalized spacial score (nSPS) is 17.3. The summed E-state index contributed by atoms with van der Waals surface area (Å²) in [7, 11) is 2.23. The van der Waals surface area contributed by atoms with Crippen molar-refractivity contribution in [3.8, 4) is 11.1 Å². The van der Waals surface area contributed by atoms with E-state index < -0.39 is 0 Å². The first-order valence-corrected chi connectivity index (χ1v) is 14.5. The van der Waals surface area contributed by atoms with Crippen molar-refractivity contribution in [2.24, 2.45) is 7.05 Å². The lowest BCUT2D eigenvalue weighted by atomic mass is 9.65. The fourth-order valence-electron chi connectivity index (χ4n) is 6.51. The van der Waals surface area contributed by atoms with Gasteiger partial charge in [0.25, 0.3) is 0 Å². The van der Waals surface area contributed by atoms with Gasteiger partial charge < -0.3 is 4.57 Å². The molecule has 6 rings (SSSR count). The van der Waals surface area contributed by atoms with Crippen molar-refractivity contribution in [2.75, 3.05) is 0 Å². The predicted molar refractivity (Wildman–Crippen MR) is 168 cm³/mol. The van der Waals surface area contributed by atoms with Crippen LogP contribution in [0.5, 0.6) is 0 Å². The largest absolute Gasteiger partial charge is 0.347 e. The second kappa shape index (κ2) is 11.9. The number of aryl methyl sites for hydroxylation is 1. The van der Waals surface area contributed by atoms with Gasteiger partial charge in [0.15, 0.2) is 0 Å². The number of allylic oxidation sites excluding steroid dienone is 5. The number of rotatable bonds is 4. The van der Waals surface area contributed by atoms with E-state index in [1.54, 1.807) is 0 Å². The first-order chi connectivity index (χ1) is 18.7. The molecule has 2 aliphatic rings. The summed E-state index contributed by atoms with van der Waals surface area (Å²) in [6.07, 6.45) is 14.6. The van der Waals surface area contributed by atoms with Gasteiger partial charge in [0.05, 0.1) is 5.41 Å². The van der Waals surface area contributed by atoms with Crippen LogP contribution in [0.1, 0.15) is 82.3 Å². The topological polar surface area (TPSA) is 4.93 Å². The van der Waals surface area contributed by atoms with Crippen molar-refractivity contribution in [3.05, 3.63) is 125 Å². The lowest BCUT2D eigenvalue weighted by Gasteiger charge is -2.36. The summed E-state index contributed by atoms with van der Waals surface area (Å²) in [5.41, 5.74) is 12.3. The van der Waals surface area contributed by atoms with E-state index in [1.165, 1.54) is 55.6 Å². The third-order valence-corrected chi connectivity index (χ3v) is 7.90. The zero-order valence-electron chi connectivity index (χ0n) is 24.3. The fourth-order valence-corrected chi connectivity index (χ4v) is 6.51. The minimum absolute atomic E-state index is 0.260. The highest BCUT2D eigenvalue weighted by Crippen LogP contribution is 2.58. The molecule has 2 aliphatic carbocycles. The van der Waals surface area contributed by atoms with Gasteiger partial charge in [-0.15, -0.1) is 0 Å². The van der Waals surface area contributed by atoms with E-state index in [9.17, 15) is 0 Å². The maximum atomic E-state index is 2.50. The third-order valence-electron chi connectivity index (χ3n) is 7.90. The number of hydrogen-bond acceptors (Lipinski definition) is 0. The highest BCUT2D eigenvalue weighted by Gasteiger charge is 2.47. The number of hydrogen-bond donors (Lipinski definition) is 0. The molecule has 0 radical (unpaired) electrons. The second-order valence-corrected chi connectivity index (χ2v) is 9.51. The van der Waals surface area contributed by atoms with Gasteiger partial charge in [-0.05, 0) is 66.1 Å². The van der Waals surface area contributed by atoms with E-state index in [2.05, 4.69) is 123 Å². The van der Waals surface area contributed by atoms with Crippen LogP contribution in [0.15, 0.2) is 96.6 Å². The molecule has 4 aromatic rings. The van der Waals surface area contributed by atoms with Crippen molar-refractivity contribution in [1.29, 1.82) is 0 Å². The van der Waals surface area contributed by atoms with Gasteiger partial charge >= 0.3 is 0 Å². The lowest BCUT2D eigenvalue weighted by molar-refractivity contribution is 0.693. The molecule has 0 N–H and O–H groups in total. The quantitative estimate of drug-likeness (QED) is 0.262. The summed E-state index contributed by atoms with van der Waals surface area (Å²) in [5.74, 6) is 0. The minimum atomic E-state index is -0.260. The summed E-state index contributed by atoms with van der Waals surface area (Å²) >= 11 is 0. The first kappa shape index (κ1) is 27.5. The third kappa shape index (κ3) is 4.09. The van der Waals surface area contributed by atoms with E-state index in [4.69, 9.17) is 0 Å². The molecule has 1 atom stereocenters. The van der Waals surface area contributed by atoms with E-state index in [0.717, 1.165) is 19.3 Å². The molecular formula is C37H43N.